The van der Waals surface area contributed by atoms with Crippen molar-refractivity contribution < 1.29 is 5.11 Å². The molecule has 2 aromatic heterocycles. The van der Waals surface area contributed by atoms with Crippen LogP contribution >= 0.6 is 11.3 Å². The smallest absolute Gasteiger partial charge is 0.225 e. The molecule has 2 saturated heterocycles. The van der Waals surface area contributed by atoms with Gasteiger partial charge in [-0.1, -0.05) is 0 Å². The molecule has 5 nitrogen and oxygen atoms in total. The number of likely N-dealkylation sites (tertiary alicyclic amines) is 1. The van der Waals surface area contributed by atoms with Gasteiger partial charge in [-0.15, -0.1) is 0 Å². The number of thiophene rings is 1. The largest absolute Gasteiger partial charge is 0.396 e. The number of aliphatic hydroxyl groups excluding tert-OH is 1. The predicted molar refractivity (Wildman–Crippen MR) is 96.1 cm³/mol. The van der Waals surface area contributed by atoms with Gasteiger partial charge in [0.1, 0.15) is 0 Å². The van der Waals surface area contributed by atoms with Gasteiger partial charge in [-0.25, -0.2) is 9.97 Å². The van der Waals surface area contributed by atoms with E-state index in [1.807, 2.05) is 6.07 Å². The van der Waals surface area contributed by atoms with Crippen LogP contribution in [-0.2, 0) is 6.54 Å². The van der Waals surface area contributed by atoms with Crippen molar-refractivity contribution in [2.75, 3.05) is 37.7 Å². The van der Waals surface area contributed by atoms with E-state index in [2.05, 4.69) is 36.6 Å². The fraction of sp³-hybridized carbons (Fsp3) is 0.556. The number of piperidine rings is 1. The van der Waals surface area contributed by atoms with Crippen LogP contribution in [0.3, 0.4) is 0 Å². The van der Waals surface area contributed by atoms with Crippen LogP contribution in [-0.4, -0.2) is 52.8 Å². The zero-order valence-electron chi connectivity index (χ0n) is 13.8. The van der Waals surface area contributed by atoms with Gasteiger partial charge in [-0.05, 0) is 59.8 Å². The molecule has 1 spiro atoms. The summed E-state index contributed by atoms with van der Waals surface area (Å²) in [5, 5.41) is 14.3. The summed E-state index contributed by atoms with van der Waals surface area (Å²) in [6.07, 6.45) is 5.88. The molecule has 0 aromatic carbocycles. The van der Waals surface area contributed by atoms with E-state index in [9.17, 15) is 5.11 Å². The molecule has 0 bridgehead atoms. The molecular weight excluding hydrogens is 320 g/mol. The Hall–Kier alpha value is -1.50. The van der Waals surface area contributed by atoms with Gasteiger partial charge in [0.2, 0.25) is 5.95 Å². The lowest BCUT2D eigenvalue weighted by Crippen LogP contribution is -2.44. The molecule has 1 N–H and O–H groups in total. The average Bonchev–Trinajstić information content (AvgIpc) is 3.26. The lowest BCUT2D eigenvalue weighted by Gasteiger charge is -2.42. The van der Waals surface area contributed by atoms with E-state index in [4.69, 9.17) is 0 Å². The maximum atomic E-state index is 9.94. The van der Waals surface area contributed by atoms with Gasteiger partial charge in [0.15, 0.2) is 0 Å². The molecule has 4 rings (SSSR count). The van der Waals surface area contributed by atoms with Crippen molar-refractivity contribution in [3.63, 3.8) is 0 Å². The van der Waals surface area contributed by atoms with Gasteiger partial charge in [0.25, 0.3) is 0 Å². The van der Waals surface area contributed by atoms with Crippen molar-refractivity contribution in [2.24, 2.45) is 11.3 Å². The van der Waals surface area contributed by atoms with Crippen LogP contribution in [0, 0.1) is 11.3 Å². The highest BCUT2D eigenvalue weighted by Crippen LogP contribution is 2.45. The summed E-state index contributed by atoms with van der Waals surface area (Å²) in [5.41, 5.74) is 1.62. The molecule has 1 atom stereocenters. The Bertz CT molecular complexity index is 640. The van der Waals surface area contributed by atoms with Crippen LogP contribution in [0.5, 0.6) is 0 Å². The highest BCUT2D eigenvalue weighted by Gasteiger charge is 2.48. The molecule has 2 aromatic rings. The predicted octanol–water partition coefficient (Wildman–Crippen LogP) is 2.25. The Labute approximate surface area is 147 Å². The molecule has 0 saturated carbocycles. The molecule has 0 aliphatic carbocycles. The number of aliphatic hydroxyl groups is 1. The van der Waals surface area contributed by atoms with E-state index in [1.165, 1.54) is 5.56 Å². The van der Waals surface area contributed by atoms with Crippen LogP contribution in [0.1, 0.15) is 18.4 Å². The summed E-state index contributed by atoms with van der Waals surface area (Å²) in [7, 11) is 0. The molecule has 2 fully saturated rings. The number of hydrogen-bond donors (Lipinski definition) is 1. The number of nitrogens with zero attached hydrogens (tertiary/aromatic N) is 4. The fourth-order valence-electron chi connectivity index (χ4n) is 4.26. The molecule has 0 amide bonds. The average molecular weight is 344 g/mol. The minimum Gasteiger partial charge on any atom is -0.396 e. The van der Waals surface area contributed by atoms with Gasteiger partial charge >= 0.3 is 0 Å². The van der Waals surface area contributed by atoms with Crippen LogP contribution in [0.4, 0.5) is 5.95 Å². The highest BCUT2D eigenvalue weighted by molar-refractivity contribution is 7.07. The maximum Gasteiger partial charge on any atom is 0.225 e. The highest BCUT2D eigenvalue weighted by atomic mass is 32.1. The molecular formula is C18H24N4OS. The molecule has 24 heavy (non-hydrogen) atoms. The molecule has 4 heterocycles. The van der Waals surface area contributed by atoms with E-state index in [-0.39, 0.29) is 12.0 Å². The van der Waals surface area contributed by atoms with E-state index in [0.717, 1.165) is 51.5 Å². The summed E-state index contributed by atoms with van der Waals surface area (Å²) in [4.78, 5) is 13.6. The number of rotatable bonds is 4. The third-order valence-corrected chi connectivity index (χ3v) is 6.44. The number of hydrogen-bond acceptors (Lipinski definition) is 6. The lowest BCUT2D eigenvalue weighted by molar-refractivity contribution is 0.0507. The first-order valence-corrected chi connectivity index (χ1v) is 9.60. The van der Waals surface area contributed by atoms with Crippen LogP contribution in [0.2, 0.25) is 0 Å². The van der Waals surface area contributed by atoms with Gasteiger partial charge in [-0.2, -0.15) is 11.3 Å². The minimum absolute atomic E-state index is 0.207. The maximum absolute atomic E-state index is 9.94. The first-order chi connectivity index (χ1) is 11.8. The van der Waals surface area contributed by atoms with Crippen molar-refractivity contribution in [1.29, 1.82) is 0 Å². The fourth-order valence-corrected chi connectivity index (χ4v) is 4.92. The van der Waals surface area contributed by atoms with Gasteiger partial charge in [0.05, 0.1) is 0 Å². The summed E-state index contributed by atoms with van der Waals surface area (Å²) in [6, 6.07) is 4.07. The third-order valence-electron chi connectivity index (χ3n) is 5.71. The SMILES string of the molecule is OCC1CN(c2ncccn2)CC12CCN(Cc1ccsc1)CC2. The molecule has 128 valence electrons. The van der Waals surface area contributed by atoms with Crippen LogP contribution < -0.4 is 4.90 Å². The Balaban J connectivity index is 1.43. The van der Waals surface area contributed by atoms with Crippen LogP contribution in [0.15, 0.2) is 35.3 Å². The zero-order valence-corrected chi connectivity index (χ0v) is 14.7. The van der Waals surface area contributed by atoms with E-state index >= 15 is 0 Å². The van der Waals surface area contributed by atoms with Gasteiger partial charge in [-0.3, -0.25) is 4.90 Å². The second-order valence-electron chi connectivity index (χ2n) is 7.08. The Kier molecular flexibility index (Phi) is 4.52. The van der Waals surface area contributed by atoms with E-state index in [1.54, 1.807) is 23.7 Å². The standard InChI is InChI=1S/C18H24N4OS/c23-12-16-11-22(17-19-5-1-6-20-17)14-18(16)3-7-21(8-4-18)10-15-2-9-24-13-15/h1-2,5-6,9,13,16,23H,3-4,7-8,10-12,14H2. The second-order valence-corrected chi connectivity index (χ2v) is 7.86. The van der Waals surface area contributed by atoms with Crippen molar-refractivity contribution >= 4 is 17.3 Å². The van der Waals surface area contributed by atoms with Crippen molar-refractivity contribution in [2.45, 2.75) is 19.4 Å². The van der Waals surface area contributed by atoms with Crippen molar-refractivity contribution in [3.8, 4) is 0 Å². The van der Waals surface area contributed by atoms with Crippen molar-refractivity contribution in [3.05, 3.63) is 40.8 Å². The van der Waals surface area contributed by atoms with E-state index in [0.29, 0.717) is 5.92 Å². The Morgan fingerprint density at radius 1 is 1.25 bits per heavy atom. The van der Waals surface area contributed by atoms with Crippen molar-refractivity contribution in [1.82, 2.24) is 14.9 Å². The molecule has 1 unspecified atom stereocenters. The quantitative estimate of drug-likeness (QED) is 0.922. The normalized spacial score (nSPS) is 23.9. The Morgan fingerprint density at radius 3 is 2.71 bits per heavy atom. The molecule has 2 aliphatic heterocycles. The van der Waals surface area contributed by atoms with Gasteiger partial charge in [0, 0.05) is 44.6 Å². The first kappa shape index (κ1) is 16.0. The number of aromatic nitrogens is 2. The second kappa shape index (κ2) is 6.78. The lowest BCUT2D eigenvalue weighted by atomic mass is 9.71. The topological polar surface area (TPSA) is 52.5 Å². The third kappa shape index (κ3) is 3.06. The number of anilines is 1. The van der Waals surface area contributed by atoms with Crippen LogP contribution in [0.25, 0.3) is 0 Å². The summed E-state index contributed by atoms with van der Waals surface area (Å²) in [5.74, 6) is 1.12. The summed E-state index contributed by atoms with van der Waals surface area (Å²) < 4.78 is 0. The molecule has 0 radical (unpaired) electrons. The molecule has 2 aliphatic rings. The zero-order chi connectivity index (χ0) is 16.4. The summed E-state index contributed by atoms with van der Waals surface area (Å²) in [6.45, 7) is 5.36. The minimum atomic E-state index is 0.207. The monoisotopic (exact) mass is 344 g/mol. The van der Waals surface area contributed by atoms with Gasteiger partial charge < -0.3 is 10.0 Å². The van der Waals surface area contributed by atoms with E-state index < -0.39 is 0 Å². The first-order valence-electron chi connectivity index (χ1n) is 8.65. The molecule has 6 heteroatoms. The summed E-state index contributed by atoms with van der Waals surface area (Å²) >= 11 is 1.77. The Morgan fingerprint density at radius 2 is 2.04 bits per heavy atom.